The summed E-state index contributed by atoms with van der Waals surface area (Å²) in [7, 11) is 0. The molecule has 4 aromatic rings. The minimum Gasteiger partial charge on any atom is -0.491 e. The molecule has 0 spiro atoms. The molecule has 2 aromatic heterocycles. The van der Waals surface area contributed by atoms with E-state index in [0.717, 1.165) is 46.6 Å². The number of benzene rings is 2. The normalized spacial score (nSPS) is 10.9. The molecule has 0 saturated carbocycles. The highest BCUT2D eigenvalue weighted by molar-refractivity contribution is 5.93. The van der Waals surface area contributed by atoms with Gasteiger partial charge >= 0.3 is 0 Å². The van der Waals surface area contributed by atoms with Crippen LogP contribution in [0.3, 0.4) is 0 Å². The molecule has 2 heterocycles. The van der Waals surface area contributed by atoms with E-state index in [1.165, 1.54) is 0 Å². The molecule has 6 heteroatoms. The van der Waals surface area contributed by atoms with Crippen LogP contribution in [0.4, 0.5) is 0 Å². The van der Waals surface area contributed by atoms with Crippen molar-refractivity contribution in [1.82, 2.24) is 19.9 Å². The highest BCUT2D eigenvalue weighted by Gasteiger charge is 2.12. The number of aromatic nitrogens is 3. The Hall–Kier alpha value is -3.67. The molecule has 0 aliphatic rings. The van der Waals surface area contributed by atoms with Crippen molar-refractivity contribution in [3.63, 3.8) is 0 Å². The number of para-hydroxylation sites is 3. The van der Waals surface area contributed by atoms with E-state index in [4.69, 9.17) is 9.72 Å². The Morgan fingerprint density at radius 2 is 1.84 bits per heavy atom. The molecule has 6 nitrogen and oxygen atoms in total. The summed E-state index contributed by atoms with van der Waals surface area (Å²) in [6.45, 7) is 6.00. The fourth-order valence-corrected chi connectivity index (χ4v) is 3.88. The van der Waals surface area contributed by atoms with Crippen LogP contribution in [0.2, 0.25) is 0 Å². The van der Waals surface area contributed by atoms with Crippen molar-refractivity contribution < 1.29 is 9.53 Å². The monoisotopic (exact) mass is 428 g/mol. The lowest BCUT2D eigenvalue weighted by Crippen LogP contribution is -2.25. The average molecular weight is 429 g/mol. The summed E-state index contributed by atoms with van der Waals surface area (Å²) in [5.74, 6) is 1.86. The van der Waals surface area contributed by atoms with Crippen LogP contribution in [0.15, 0.2) is 67.0 Å². The van der Waals surface area contributed by atoms with Gasteiger partial charge in [-0.25, -0.2) is 4.98 Å². The second kappa shape index (κ2) is 10.1. The van der Waals surface area contributed by atoms with Crippen molar-refractivity contribution in [1.29, 1.82) is 0 Å². The maximum atomic E-state index is 12.2. The standard InChI is InChI=1S/C26H28N4O2/c1-19-8-5-9-20(2)25(19)32-17-16-30-23-12-4-3-11-22(23)29-24(30)13-7-15-28-26(31)21-10-6-14-27-18-21/h3-6,8-12,14,18H,7,13,15-17H2,1-2H3,(H,28,31). The largest absolute Gasteiger partial charge is 0.491 e. The number of carbonyl (C=O) groups is 1. The summed E-state index contributed by atoms with van der Waals surface area (Å²) >= 11 is 0. The summed E-state index contributed by atoms with van der Waals surface area (Å²) in [6, 6.07) is 17.9. The van der Waals surface area contributed by atoms with Gasteiger partial charge in [0, 0.05) is 25.4 Å². The average Bonchev–Trinajstić information content (AvgIpc) is 3.16. The number of ether oxygens (including phenoxy) is 1. The zero-order chi connectivity index (χ0) is 22.3. The minimum absolute atomic E-state index is 0.103. The molecule has 0 saturated heterocycles. The molecule has 1 N–H and O–H groups in total. The lowest BCUT2D eigenvalue weighted by atomic mass is 10.1. The van der Waals surface area contributed by atoms with Crippen LogP contribution < -0.4 is 10.1 Å². The maximum Gasteiger partial charge on any atom is 0.252 e. The van der Waals surface area contributed by atoms with Crippen LogP contribution in [0.5, 0.6) is 5.75 Å². The fraction of sp³-hybridized carbons (Fsp3) is 0.269. The molecule has 0 radical (unpaired) electrons. The van der Waals surface area contributed by atoms with Gasteiger partial charge in [0.15, 0.2) is 0 Å². The van der Waals surface area contributed by atoms with Crippen LogP contribution in [0, 0.1) is 13.8 Å². The molecule has 0 fully saturated rings. The number of fused-ring (bicyclic) bond motifs is 1. The number of nitrogens with one attached hydrogen (secondary N) is 1. The van der Waals surface area contributed by atoms with Gasteiger partial charge in [0.1, 0.15) is 18.2 Å². The molecule has 0 unspecified atom stereocenters. The Balaban J connectivity index is 1.39. The van der Waals surface area contributed by atoms with E-state index in [2.05, 4.69) is 46.9 Å². The third-order valence-electron chi connectivity index (χ3n) is 5.49. The van der Waals surface area contributed by atoms with Gasteiger partial charge in [-0.05, 0) is 55.7 Å². The first kappa shape index (κ1) is 21.6. The zero-order valence-electron chi connectivity index (χ0n) is 18.5. The first-order valence-corrected chi connectivity index (χ1v) is 10.9. The van der Waals surface area contributed by atoms with Gasteiger partial charge in [0.25, 0.3) is 5.91 Å². The number of pyridine rings is 1. The molecule has 0 aliphatic heterocycles. The van der Waals surface area contributed by atoms with E-state index in [1.807, 2.05) is 24.3 Å². The molecule has 0 atom stereocenters. The molecule has 32 heavy (non-hydrogen) atoms. The molecule has 0 bridgehead atoms. The lowest BCUT2D eigenvalue weighted by molar-refractivity contribution is 0.0952. The van der Waals surface area contributed by atoms with E-state index in [0.29, 0.717) is 25.3 Å². The number of nitrogens with zero attached hydrogens (tertiary/aromatic N) is 3. The molecule has 1 amide bonds. The number of amides is 1. The van der Waals surface area contributed by atoms with Gasteiger partial charge in [-0.3, -0.25) is 9.78 Å². The number of hydrogen-bond acceptors (Lipinski definition) is 4. The van der Waals surface area contributed by atoms with Gasteiger partial charge in [-0.1, -0.05) is 30.3 Å². The summed E-state index contributed by atoms with van der Waals surface area (Å²) in [5, 5.41) is 2.96. The SMILES string of the molecule is Cc1cccc(C)c1OCCn1c(CCCNC(=O)c2cccnc2)nc2ccccc21. The fourth-order valence-electron chi connectivity index (χ4n) is 3.88. The number of hydrogen-bond donors (Lipinski definition) is 1. The molecule has 4 rings (SSSR count). The van der Waals surface area contributed by atoms with Crippen molar-refractivity contribution in [3.05, 3.63) is 89.5 Å². The maximum absolute atomic E-state index is 12.2. The van der Waals surface area contributed by atoms with E-state index < -0.39 is 0 Å². The van der Waals surface area contributed by atoms with Crippen molar-refractivity contribution in [2.45, 2.75) is 33.2 Å². The minimum atomic E-state index is -0.103. The van der Waals surface area contributed by atoms with Gasteiger partial charge in [-0.2, -0.15) is 0 Å². The Morgan fingerprint density at radius 1 is 1.03 bits per heavy atom. The predicted octanol–water partition coefficient (Wildman–Crippen LogP) is 4.49. The predicted molar refractivity (Wildman–Crippen MR) is 126 cm³/mol. The number of imidazole rings is 1. The number of rotatable bonds is 9. The molecule has 0 aliphatic carbocycles. The van der Waals surface area contributed by atoms with E-state index in [9.17, 15) is 4.79 Å². The highest BCUT2D eigenvalue weighted by atomic mass is 16.5. The van der Waals surface area contributed by atoms with E-state index >= 15 is 0 Å². The van der Waals surface area contributed by atoms with Crippen LogP contribution >= 0.6 is 0 Å². The molecular formula is C26H28N4O2. The Bertz CT molecular complexity index is 1180. The van der Waals surface area contributed by atoms with E-state index in [-0.39, 0.29) is 5.91 Å². The zero-order valence-corrected chi connectivity index (χ0v) is 18.5. The Morgan fingerprint density at radius 3 is 2.62 bits per heavy atom. The summed E-state index contributed by atoms with van der Waals surface area (Å²) in [6.07, 6.45) is 4.80. The molecule has 2 aromatic carbocycles. The van der Waals surface area contributed by atoms with Gasteiger partial charge in [-0.15, -0.1) is 0 Å². The first-order chi connectivity index (χ1) is 15.6. The van der Waals surface area contributed by atoms with Crippen LogP contribution in [0.25, 0.3) is 11.0 Å². The van der Waals surface area contributed by atoms with Gasteiger partial charge < -0.3 is 14.6 Å². The Labute approximate surface area is 188 Å². The van der Waals surface area contributed by atoms with Crippen molar-refractivity contribution in [3.8, 4) is 5.75 Å². The van der Waals surface area contributed by atoms with Gasteiger partial charge in [0.05, 0.1) is 23.1 Å². The van der Waals surface area contributed by atoms with Crippen molar-refractivity contribution in [2.24, 2.45) is 0 Å². The topological polar surface area (TPSA) is 69.0 Å². The smallest absolute Gasteiger partial charge is 0.252 e. The van der Waals surface area contributed by atoms with Crippen LogP contribution in [-0.2, 0) is 13.0 Å². The summed E-state index contributed by atoms with van der Waals surface area (Å²) < 4.78 is 8.37. The second-order valence-corrected chi connectivity index (χ2v) is 7.84. The molecular weight excluding hydrogens is 400 g/mol. The number of carbonyl (C=O) groups excluding carboxylic acids is 1. The third-order valence-corrected chi connectivity index (χ3v) is 5.49. The van der Waals surface area contributed by atoms with Crippen molar-refractivity contribution in [2.75, 3.05) is 13.2 Å². The van der Waals surface area contributed by atoms with Crippen LogP contribution in [-0.4, -0.2) is 33.6 Å². The molecule has 164 valence electrons. The van der Waals surface area contributed by atoms with E-state index in [1.54, 1.807) is 24.5 Å². The van der Waals surface area contributed by atoms with Crippen LogP contribution in [0.1, 0.15) is 33.7 Å². The quantitative estimate of drug-likeness (QED) is 0.399. The van der Waals surface area contributed by atoms with Crippen molar-refractivity contribution >= 4 is 16.9 Å². The summed E-state index contributed by atoms with van der Waals surface area (Å²) in [4.78, 5) is 21.0. The third kappa shape index (κ3) is 4.97. The van der Waals surface area contributed by atoms with Gasteiger partial charge in [0.2, 0.25) is 0 Å². The first-order valence-electron chi connectivity index (χ1n) is 10.9. The second-order valence-electron chi connectivity index (χ2n) is 7.84. The lowest BCUT2D eigenvalue weighted by Gasteiger charge is -2.14. The summed E-state index contributed by atoms with van der Waals surface area (Å²) in [5.41, 5.74) is 4.94. The highest BCUT2D eigenvalue weighted by Crippen LogP contribution is 2.23. The number of aryl methyl sites for hydroxylation is 3. The Kier molecular flexibility index (Phi) is 6.80.